The van der Waals surface area contributed by atoms with E-state index in [2.05, 4.69) is 37.4 Å². The van der Waals surface area contributed by atoms with Crippen molar-refractivity contribution in [2.45, 2.75) is 41.5 Å². The molecule has 0 unspecified atom stereocenters. The van der Waals surface area contributed by atoms with Crippen molar-refractivity contribution in [2.24, 2.45) is 0 Å². The minimum atomic E-state index is 0. The van der Waals surface area contributed by atoms with E-state index in [1.165, 1.54) is 16.8 Å². The van der Waals surface area contributed by atoms with Crippen molar-refractivity contribution in [1.82, 2.24) is 0 Å². The molecule has 0 saturated heterocycles. The van der Waals surface area contributed by atoms with Crippen LogP contribution in [0.5, 0.6) is 0 Å². The highest BCUT2D eigenvalue weighted by molar-refractivity contribution is 5.51. The van der Waals surface area contributed by atoms with Gasteiger partial charge in [-0.1, -0.05) is 45.4 Å². The number of anilines is 1. The summed E-state index contributed by atoms with van der Waals surface area (Å²) in [5.74, 6) is 0. The standard InChI is InChI=1S/C9H13N.2C2H6.H2/c1-7-4-5-9(10-3)8(2)6-7;2*1-2;/h4-6,10H,1-3H3;2*1-2H3;1H. The minimum Gasteiger partial charge on any atom is -0.388 e. The highest BCUT2D eigenvalue weighted by Crippen LogP contribution is 2.14. The van der Waals surface area contributed by atoms with Gasteiger partial charge >= 0.3 is 0 Å². The Morgan fingerprint density at radius 3 is 1.86 bits per heavy atom. The zero-order valence-corrected chi connectivity index (χ0v) is 10.7. The molecule has 0 aromatic heterocycles. The van der Waals surface area contributed by atoms with Crippen LogP contribution >= 0.6 is 0 Å². The molecule has 1 nitrogen and oxygen atoms in total. The lowest BCUT2D eigenvalue weighted by atomic mass is 10.1. The molecule has 0 saturated carbocycles. The summed E-state index contributed by atoms with van der Waals surface area (Å²) in [5.41, 5.74) is 3.84. The number of hydrogen-bond donors (Lipinski definition) is 1. The van der Waals surface area contributed by atoms with Crippen molar-refractivity contribution in [1.29, 1.82) is 0 Å². The molecule has 0 radical (unpaired) electrons. The SMILES string of the molecule is CC.CC.CNc1ccc(C)cc1C.[HH]. The minimum absolute atomic E-state index is 0. The second-order valence-corrected chi connectivity index (χ2v) is 2.57. The molecule has 0 heterocycles. The van der Waals surface area contributed by atoms with E-state index >= 15 is 0 Å². The van der Waals surface area contributed by atoms with E-state index in [1.54, 1.807) is 0 Å². The molecule has 0 aliphatic carbocycles. The summed E-state index contributed by atoms with van der Waals surface area (Å²) in [5, 5.41) is 3.12. The predicted octanol–water partition coefficient (Wildman–Crippen LogP) is 4.64. The molecule has 0 aliphatic rings. The van der Waals surface area contributed by atoms with Crippen LogP contribution in [0.25, 0.3) is 0 Å². The normalized spacial score (nSPS) is 7.64. The van der Waals surface area contributed by atoms with Gasteiger partial charge in [0.2, 0.25) is 0 Å². The zero-order chi connectivity index (χ0) is 11.6. The van der Waals surface area contributed by atoms with Crippen molar-refractivity contribution >= 4 is 5.69 Å². The monoisotopic (exact) mass is 197 g/mol. The van der Waals surface area contributed by atoms with Gasteiger partial charge in [-0.15, -0.1) is 0 Å². The second-order valence-electron chi connectivity index (χ2n) is 2.57. The quantitative estimate of drug-likeness (QED) is 0.691. The van der Waals surface area contributed by atoms with E-state index in [0.29, 0.717) is 0 Å². The highest BCUT2D eigenvalue weighted by Gasteiger charge is 1.92. The fraction of sp³-hybridized carbons (Fsp3) is 0.538. The van der Waals surface area contributed by atoms with E-state index in [-0.39, 0.29) is 1.43 Å². The lowest BCUT2D eigenvalue weighted by Crippen LogP contribution is -1.90. The van der Waals surface area contributed by atoms with Crippen LogP contribution in [-0.2, 0) is 0 Å². The largest absolute Gasteiger partial charge is 0.388 e. The van der Waals surface area contributed by atoms with E-state index in [0.717, 1.165) is 0 Å². The van der Waals surface area contributed by atoms with Gasteiger partial charge in [-0.3, -0.25) is 0 Å². The summed E-state index contributed by atoms with van der Waals surface area (Å²) >= 11 is 0. The van der Waals surface area contributed by atoms with Gasteiger partial charge in [0.15, 0.2) is 0 Å². The molecule has 0 fully saturated rings. The summed E-state index contributed by atoms with van der Waals surface area (Å²) in [6.07, 6.45) is 0. The molecule has 0 atom stereocenters. The van der Waals surface area contributed by atoms with Crippen LogP contribution in [0.3, 0.4) is 0 Å². The molecule has 1 rings (SSSR count). The average molecular weight is 197 g/mol. The molecule has 1 aromatic carbocycles. The van der Waals surface area contributed by atoms with Crippen molar-refractivity contribution in [3.8, 4) is 0 Å². The Kier molecular flexibility index (Phi) is 11.2. The van der Waals surface area contributed by atoms with Gasteiger partial charge < -0.3 is 5.32 Å². The Labute approximate surface area is 91.0 Å². The molecule has 14 heavy (non-hydrogen) atoms. The zero-order valence-electron chi connectivity index (χ0n) is 10.7. The molecule has 1 aromatic rings. The fourth-order valence-electron chi connectivity index (χ4n) is 1.09. The molecule has 0 amide bonds. The lowest BCUT2D eigenvalue weighted by molar-refractivity contribution is 1.35. The average Bonchev–Trinajstić information content (AvgIpc) is 2.24. The summed E-state index contributed by atoms with van der Waals surface area (Å²) < 4.78 is 0. The smallest absolute Gasteiger partial charge is 0.0367 e. The van der Waals surface area contributed by atoms with Gasteiger partial charge in [0.05, 0.1) is 0 Å². The Hall–Kier alpha value is -0.980. The van der Waals surface area contributed by atoms with E-state index < -0.39 is 0 Å². The van der Waals surface area contributed by atoms with Crippen LogP contribution in [0.15, 0.2) is 18.2 Å². The summed E-state index contributed by atoms with van der Waals surface area (Å²) in [4.78, 5) is 0. The molecule has 0 aliphatic heterocycles. The highest BCUT2D eigenvalue weighted by atomic mass is 14.8. The van der Waals surface area contributed by atoms with Crippen LogP contribution in [0.2, 0.25) is 0 Å². The molecular weight excluding hydrogens is 170 g/mol. The third kappa shape index (κ3) is 5.63. The fourth-order valence-corrected chi connectivity index (χ4v) is 1.09. The van der Waals surface area contributed by atoms with Gasteiger partial charge in [-0.2, -0.15) is 0 Å². The van der Waals surface area contributed by atoms with Gasteiger partial charge in [0, 0.05) is 14.2 Å². The van der Waals surface area contributed by atoms with Crippen molar-refractivity contribution < 1.29 is 1.43 Å². The first-order valence-corrected chi connectivity index (χ1v) is 5.49. The molecular formula is C13H27N. The summed E-state index contributed by atoms with van der Waals surface area (Å²) in [6, 6.07) is 6.38. The first-order chi connectivity index (χ1) is 6.74. The van der Waals surface area contributed by atoms with Crippen LogP contribution in [-0.4, -0.2) is 7.05 Å². The molecule has 0 bridgehead atoms. The molecule has 1 N–H and O–H groups in total. The summed E-state index contributed by atoms with van der Waals surface area (Å²) in [7, 11) is 1.94. The maximum absolute atomic E-state index is 3.12. The number of aryl methyl sites for hydroxylation is 2. The van der Waals surface area contributed by atoms with Gasteiger partial charge in [0.25, 0.3) is 0 Å². The lowest BCUT2D eigenvalue weighted by Gasteiger charge is -2.04. The van der Waals surface area contributed by atoms with Crippen LogP contribution < -0.4 is 5.32 Å². The Balaban J connectivity index is -0.000000258. The van der Waals surface area contributed by atoms with E-state index in [1.807, 2.05) is 34.7 Å². The predicted molar refractivity (Wildman–Crippen MR) is 70.3 cm³/mol. The van der Waals surface area contributed by atoms with Crippen molar-refractivity contribution in [2.75, 3.05) is 12.4 Å². The topological polar surface area (TPSA) is 12.0 Å². The van der Waals surface area contributed by atoms with E-state index in [9.17, 15) is 0 Å². The molecule has 84 valence electrons. The second kappa shape index (κ2) is 10.1. The Bertz CT molecular complexity index is 234. The number of nitrogens with one attached hydrogen (secondary N) is 1. The van der Waals surface area contributed by atoms with Gasteiger partial charge in [0.1, 0.15) is 0 Å². The first-order valence-electron chi connectivity index (χ1n) is 5.49. The van der Waals surface area contributed by atoms with Gasteiger partial charge in [-0.05, 0) is 25.5 Å². The van der Waals surface area contributed by atoms with Crippen LogP contribution in [0, 0.1) is 13.8 Å². The third-order valence-electron chi connectivity index (χ3n) is 1.65. The molecule has 1 heteroatoms. The Morgan fingerprint density at radius 2 is 1.50 bits per heavy atom. The van der Waals surface area contributed by atoms with Crippen LogP contribution in [0.4, 0.5) is 5.69 Å². The van der Waals surface area contributed by atoms with Crippen LogP contribution in [0.1, 0.15) is 40.2 Å². The number of rotatable bonds is 1. The Morgan fingerprint density at radius 1 is 1.00 bits per heavy atom. The van der Waals surface area contributed by atoms with Crippen molar-refractivity contribution in [3.05, 3.63) is 29.3 Å². The van der Waals surface area contributed by atoms with E-state index in [4.69, 9.17) is 0 Å². The number of hydrogen-bond acceptors (Lipinski definition) is 1. The van der Waals surface area contributed by atoms with Gasteiger partial charge in [-0.25, -0.2) is 0 Å². The first kappa shape index (κ1) is 15.5. The maximum atomic E-state index is 3.12. The number of benzene rings is 1. The third-order valence-corrected chi connectivity index (χ3v) is 1.65. The maximum Gasteiger partial charge on any atom is 0.0367 e. The molecule has 0 spiro atoms. The van der Waals surface area contributed by atoms with Crippen molar-refractivity contribution in [3.63, 3.8) is 0 Å². The summed E-state index contributed by atoms with van der Waals surface area (Å²) in [6.45, 7) is 12.2.